The molecule has 2 aliphatic heterocycles. The lowest BCUT2D eigenvalue weighted by atomic mass is 10.1. The third-order valence-corrected chi connectivity index (χ3v) is 5.04. The number of amides is 1. The Kier molecular flexibility index (Phi) is 3.44. The van der Waals surface area contributed by atoms with Gasteiger partial charge < -0.3 is 14.2 Å². The predicted octanol–water partition coefficient (Wildman–Crippen LogP) is 2.39. The quantitative estimate of drug-likeness (QED) is 0.852. The fourth-order valence-corrected chi connectivity index (χ4v) is 3.97. The number of fused-ring (bicyclic) bond motifs is 2. The molecular formula is C19H20N2O3. The number of rotatable bonds is 2. The van der Waals surface area contributed by atoms with Crippen molar-refractivity contribution in [1.82, 2.24) is 4.57 Å². The van der Waals surface area contributed by atoms with Crippen LogP contribution in [0, 0.1) is 0 Å². The van der Waals surface area contributed by atoms with E-state index in [2.05, 4.69) is 13.0 Å². The lowest BCUT2D eigenvalue weighted by Gasteiger charge is -2.25. The van der Waals surface area contributed by atoms with E-state index in [1.54, 1.807) is 4.57 Å². The summed E-state index contributed by atoms with van der Waals surface area (Å²) >= 11 is 0. The van der Waals surface area contributed by atoms with Gasteiger partial charge in [0.15, 0.2) is 0 Å². The average molecular weight is 324 g/mol. The molecule has 2 aromatic rings. The van der Waals surface area contributed by atoms with Gasteiger partial charge in [-0.3, -0.25) is 9.59 Å². The van der Waals surface area contributed by atoms with Gasteiger partial charge in [0.1, 0.15) is 11.3 Å². The zero-order valence-corrected chi connectivity index (χ0v) is 13.9. The molecule has 0 radical (unpaired) electrons. The molecule has 0 aliphatic carbocycles. The maximum absolute atomic E-state index is 13.4. The lowest BCUT2D eigenvalue weighted by molar-refractivity contribution is 0.0977. The van der Waals surface area contributed by atoms with E-state index in [0.717, 1.165) is 30.6 Å². The number of pyridine rings is 1. The summed E-state index contributed by atoms with van der Waals surface area (Å²) in [5.41, 5.74) is 3.40. The first kappa shape index (κ1) is 15.0. The third kappa shape index (κ3) is 2.08. The number of carbonyl (C=O) groups excluding carboxylic acids is 1. The van der Waals surface area contributed by atoms with Gasteiger partial charge in [-0.05, 0) is 37.8 Å². The molecule has 0 fully saturated rings. The Morgan fingerprint density at radius 1 is 1.29 bits per heavy atom. The van der Waals surface area contributed by atoms with Crippen molar-refractivity contribution in [2.24, 2.45) is 0 Å². The highest BCUT2D eigenvalue weighted by Gasteiger charge is 2.35. The van der Waals surface area contributed by atoms with E-state index >= 15 is 0 Å². The molecule has 0 unspecified atom stereocenters. The van der Waals surface area contributed by atoms with Gasteiger partial charge in [0.2, 0.25) is 0 Å². The van der Waals surface area contributed by atoms with Crippen LogP contribution < -0.4 is 15.2 Å². The fourth-order valence-electron chi connectivity index (χ4n) is 3.97. The maximum Gasteiger partial charge on any atom is 0.264 e. The molecule has 5 nitrogen and oxygen atoms in total. The van der Waals surface area contributed by atoms with Gasteiger partial charge in [-0.25, -0.2) is 0 Å². The van der Waals surface area contributed by atoms with Crippen molar-refractivity contribution in [3.63, 3.8) is 0 Å². The zero-order chi connectivity index (χ0) is 16.8. The van der Waals surface area contributed by atoms with Gasteiger partial charge in [0.05, 0.1) is 7.11 Å². The van der Waals surface area contributed by atoms with E-state index in [0.29, 0.717) is 17.9 Å². The Balaban J connectivity index is 1.87. The summed E-state index contributed by atoms with van der Waals surface area (Å²) in [6.45, 7) is 2.73. The van der Waals surface area contributed by atoms with Gasteiger partial charge >= 0.3 is 0 Å². The van der Waals surface area contributed by atoms with E-state index in [1.165, 1.54) is 18.7 Å². The Morgan fingerprint density at radius 2 is 2.08 bits per heavy atom. The third-order valence-electron chi connectivity index (χ3n) is 5.04. The molecule has 4 rings (SSSR count). The Bertz CT molecular complexity index is 885. The van der Waals surface area contributed by atoms with Gasteiger partial charge in [-0.1, -0.05) is 18.2 Å². The van der Waals surface area contributed by atoms with E-state index in [4.69, 9.17) is 4.74 Å². The summed E-state index contributed by atoms with van der Waals surface area (Å²) in [6.07, 6.45) is 2.46. The number of carbonyl (C=O) groups is 1. The summed E-state index contributed by atoms with van der Waals surface area (Å²) in [5.74, 6) is 0.310. The van der Waals surface area contributed by atoms with Crippen molar-refractivity contribution in [3.8, 4) is 5.75 Å². The van der Waals surface area contributed by atoms with Crippen LogP contribution in [0.2, 0.25) is 0 Å². The number of benzene rings is 1. The van der Waals surface area contributed by atoms with Crippen molar-refractivity contribution in [3.05, 3.63) is 57.5 Å². The standard InChI is InChI=1S/C19H20N2O3/c1-12-10-13-6-3-4-7-14(13)21(12)19(23)18-15-8-5-9-20(15)17(22)11-16(18)24-2/h3-4,6-7,11-12H,5,8-10H2,1-2H3/t12-/m1/s1. The van der Waals surface area contributed by atoms with Crippen LogP contribution >= 0.6 is 0 Å². The highest BCUT2D eigenvalue weighted by Crippen LogP contribution is 2.35. The topological polar surface area (TPSA) is 51.5 Å². The van der Waals surface area contributed by atoms with Crippen LogP contribution in [0.3, 0.4) is 0 Å². The second-order valence-electron chi connectivity index (χ2n) is 6.48. The Hall–Kier alpha value is -2.56. The van der Waals surface area contributed by atoms with Crippen molar-refractivity contribution in [2.75, 3.05) is 12.0 Å². The Labute approximate surface area is 140 Å². The van der Waals surface area contributed by atoms with Crippen molar-refractivity contribution in [1.29, 1.82) is 0 Å². The summed E-state index contributed by atoms with van der Waals surface area (Å²) in [7, 11) is 1.51. The van der Waals surface area contributed by atoms with E-state index in [-0.39, 0.29) is 17.5 Å². The van der Waals surface area contributed by atoms with E-state index < -0.39 is 0 Å². The molecule has 2 aliphatic rings. The van der Waals surface area contributed by atoms with Crippen LogP contribution in [-0.4, -0.2) is 23.6 Å². The predicted molar refractivity (Wildman–Crippen MR) is 92.0 cm³/mol. The number of nitrogens with zero attached hydrogens (tertiary/aromatic N) is 2. The van der Waals surface area contributed by atoms with E-state index in [1.807, 2.05) is 23.1 Å². The van der Waals surface area contributed by atoms with Crippen LogP contribution in [0.4, 0.5) is 5.69 Å². The first-order valence-electron chi connectivity index (χ1n) is 8.34. The molecule has 0 saturated heterocycles. The number of methoxy groups -OCH3 is 1. The molecule has 0 saturated carbocycles. The molecule has 0 spiro atoms. The molecule has 3 heterocycles. The van der Waals surface area contributed by atoms with Crippen LogP contribution in [-0.2, 0) is 19.4 Å². The van der Waals surface area contributed by atoms with Gasteiger partial charge in [-0.15, -0.1) is 0 Å². The van der Waals surface area contributed by atoms with Gasteiger partial charge in [-0.2, -0.15) is 0 Å². The average Bonchev–Trinajstić information content (AvgIpc) is 3.17. The summed E-state index contributed by atoms with van der Waals surface area (Å²) in [5, 5.41) is 0. The number of anilines is 1. The van der Waals surface area contributed by atoms with Crippen LogP contribution in [0.5, 0.6) is 5.75 Å². The number of aromatic nitrogens is 1. The van der Waals surface area contributed by atoms with Crippen LogP contribution in [0.15, 0.2) is 35.1 Å². The molecular weight excluding hydrogens is 304 g/mol. The minimum atomic E-state index is -0.0919. The minimum Gasteiger partial charge on any atom is -0.496 e. The summed E-state index contributed by atoms with van der Waals surface area (Å²) < 4.78 is 7.11. The minimum absolute atomic E-state index is 0.0741. The van der Waals surface area contributed by atoms with Crippen molar-refractivity contribution >= 4 is 11.6 Å². The first-order chi connectivity index (χ1) is 11.6. The molecule has 0 N–H and O–H groups in total. The second-order valence-corrected chi connectivity index (χ2v) is 6.48. The summed E-state index contributed by atoms with van der Waals surface area (Å²) in [6, 6.07) is 9.53. The maximum atomic E-state index is 13.4. The largest absolute Gasteiger partial charge is 0.496 e. The van der Waals surface area contributed by atoms with Crippen molar-refractivity contribution < 1.29 is 9.53 Å². The van der Waals surface area contributed by atoms with E-state index in [9.17, 15) is 9.59 Å². The smallest absolute Gasteiger partial charge is 0.264 e. The number of hydrogen-bond acceptors (Lipinski definition) is 3. The molecule has 0 bridgehead atoms. The summed E-state index contributed by atoms with van der Waals surface area (Å²) in [4.78, 5) is 27.5. The van der Waals surface area contributed by atoms with Gasteiger partial charge in [0, 0.05) is 30.0 Å². The number of hydrogen-bond donors (Lipinski definition) is 0. The zero-order valence-electron chi connectivity index (χ0n) is 13.9. The monoisotopic (exact) mass is 324 g/mol. The Morgan fingerprint density at radius 3 is 2.88 bits per heavy atom. The number of para-hydroxylation sites is 1. The molecule has 1 amide bonds. The highest BCUT2D eigenvalue weighted by atomic mass is 16.5. The van der Waals surface area contributed by atoms with Crippen LogP contribution in [0.25, 0.3) is 0 Å². The second kappa shape index (κ2) is 5.51. The van der Waals surface area contributed by atoms with Crippen LogP contribution in [0.1, 0.15) is 35.0 Å². The van der Waals surface area contributed by atoms with Gasteiger partial charge in [0.25, 0.3) is 11.5 Å². The molecule has 124 valence electrons. The fraction of sp³-hybridized carbons (Fsp3) is 0.368. The molecule has 5 heteroatoms. The molecule has 1 aromatic carbocycles. The SMILES string of the molecule is COc1cc(=O)n2c(c1C(=O)N1c3ccccc3C[C@H]1C)CCC2. The normalized spacial score (nSPS) is 18.4. The highest BCUT2D eigenvalue weighted by molar-refractivity contribution is 6.10. The van der Waals surface area contributed by atoms with Crippen molar-refractivity contribution in [2.45, 2.75) is 38.8 Å². The molecule has 1 aromatic heterocycles. The number of ether oxygens (including phenoxy) is 1. The lowest BCUT2D eigenvalue weighted by Crippen LogP contribution is -2.37. The first-order valence-corrected chi connectivity index (χ1v) is 8.34. The molecule has 24 heavy (non-hydrogen) atoms. The molecule has 1 atom stereocenters.